The molecule has 1 fully saturated rings. The monoisotopic (exact) mass is 1050 g/mol. The van der Waals surface area contributed by atoms with E-state index in [4.69, 9.17) is 14.2 Å². The molecule has 0 bridgehead atoms. The molecule has 1 rings (SSSR count). The minimum absolute atomic E-state index is 0.00340. The lowest BCUT2D eigenvalue weighted by Gasteiger charge is -2.40. The first kappa shape index (κ1) is 69.6. The minimum Gasteiger partial charge on any atom is -0.466 e. The number of amides is 1. The summed E-state index contributed by atoms with van der Waals surface area (Å²) in [5.41, 5.74) is 0. The van der Waals surface area contributed by atoms with E-state index in [0.29, 0.717) is 19.4 Å². The Labute approximate surface area is 453 Å². The maximum Gasteiger partial charge on any atom is 0.305 e. The van der Waals surface area contributed by atoms with Crippen LogP contribution in [0.15, 0.2) is 48.6 Å². The van der Waals surface area contributed by atoms with Gasteiger partial charge < -0.3 is 45.1 Å². The van der Waals surface area contributed by atoms with Crippen molar-refractivity contribution >= 4 is 11.9 Å². The Morgan fingerprint density at radius 2 is 0.919 bits per heavy atom. The standard InChI is InChI=1S/C63H115NO10/c1-3-5-7-9-11-13-14-15-28-31-35-39-43-47-51-59(68)72-52-48-44-40-36-32-29-26-24-22-20-18-16-17-19-21-23-25-27-30-34-38-42-46-50-58(67)64-55(56(66)49-45-41-37-33-12-10-8-6-4-2)54-73-63-62(71)61(70)60(69)57(53-65)74-63/h12,16,18-19,21,33,45,49,55-57,60-63,65-66,69-71H,3-11,13-15,17,20,22-32,34-44,46-48,50-54H2,1-2H3,(H,64,67)/b18-16-,21-19-,33-12+,49-45+. The molecule has 1 saturated heterocycles. The molecule has 11 heteroatoms. The van der Waals surface area contributed by atoms with E-state index in [2.05, 4.69) is 55.6 Å². The lowest BCUT2D eigenvalue weighted by Crippen LogP contribution is -2.60. The molecular formula is C63H115NO10. The fourth-order valence-corrected chi connectivity index (χ4v) is 9.48. The van der Waals surface area contributed by atoms with Crippen molar-refractivity contribution in [3.8, 4) is 0 Å². The molecule has 0 radical (unpaired) electrons. The number of ether oxygens (including phenoxy) is 3. The Kier molecular flexibility index (Phi) is 49.6. The molecule has 1 heterocycles. The van der Waals surface area contributed by atoms with Gasteiger partial charge in [-0.15, -0.1) is 0 Å². The van der Waals surface area contributed by atoms with Crippen molar-refractivity contribution < 1.29 is 49.3 Å². The Morgan fingerprint density at radius 1 is 0.500 bits per heavy atom. The summed E-state index contributed by atoms with van der Waals surface area (Å²) in [6.45, 7) is 4.27. The van der Waals surface area contributed by atoms with E-state index in [-0.39, 0.29) is 18.5 Å². The molecule has 0 aromatic rings. The fraction of sp³-hybridized carbons (Fsp3) is 0.841. The number of carbonyl (C=O) groups is 2. The van der Waals surface area contributed by atoms with E-state index >= 15 is 0 Å². The van der Waals surface area contributed by atoms with Crippen LogP contribution in [-0.2, 0) is 23.8 Å². The van der Waals surface area contributed by atoms with Crippen LogP contribution in [0.2, 0.25) is 0 Å². The molecule has 0 aromatic carbocycles. The largest absolute Gasteiger partial charge is 0.466 e. The summed E-state index contributed by atoms with van der Waals surface area (Å²) in [6.07, 6.45) is 56.6. The van der Waals surface area contributed by atoms with Gasteiger partial charge in [0.05, 0.1) is 32.0 Å². The molecule has 0 spiro atoms. The number of rotatable bonds is 53. The quantitative estimate of drug-likeness (QED) is 0.0195. The predicted molar refractivity (Wildman–Crippen MR) is 306 cm³/mol. The van der Waals surface area contributed by atoms with Crippen LogP contribution in [-0.4, -0.2) is 100 Å². The van der Waals surface area contributed by atoms with Gasteiger partial charge in [0.15, 0.2) is 6.29 Å². The number of hydrogen-bond donors (Lipinski definition) is 6. The van der Waals surface area contributed by atoms with E-state index in [1.54, 1.807) is 6.08 Å². The molecule has 0 aliphatic carbocycles. The van der Waals surface area contributed by atoms with Gasteiger partial charge in [0.25, 0.3) is 0 Å². The summed E-state index contributed by atoms with van der Waals surface area (Å²) in [5.74, 6) is -0.209. The van der Waals surface area contributed by atoms with Crippen LogP contribution in [0.3, 0.4) is 0 Å². The highest BCUT2D eigenvalue weighted by molar-refractivity contribution is 5.76. The average Bonchev–Trinajstić information content (AvgIpc) is 3.40. The van der Waals surface area contributed by atoms with Crippen LogP contribution >= 0.6 is 0 Å². The number of esters is 1. The molecule has 0 aromatic heterocycles. The molecule has 74 heavy (non-hydrogen) atoms. The lowest BCUT2D eigenvalue weighted by molar-refractivity contribution is -0.302. The van der Waals surface area contributed by atoms with E-state index in [1.807, 2.05) is 6.08 Å². The molecule has 1 amide bonds. The first-order valence-corrected chi connectivity index (χ1v) is 30.9. The van der Waals surface area contributed by atoms with Gasteiger partial charge in [-0.3, -0.25) is 9.59 Å². The third-order valence-electron chi connectivity index (χ3n) is 14.4. The average molecular weight is 1050 g/mol. The molecule has 1 aliphatic heterocycles. The molecule has 432 valence electrons. The number of unbranched alkanes of at least 4 members (excludes halogenated alkanes) is 33. The SMILES string of the molecule is CCCCC/C=C/CC/C=C/C(O)C(COC1OC(CO)C(O)C(O)C1O)NC(=O)CCCCCCCCC/C=C\C/C=C\CCCCCCCCCCCOC(=O)CCCCCCCCCCCCCCCC. The Bertz CT molecular complexity index is 1370. The third kappa shape index (κ3) is 41.7. The normalized spacial score (nSPS) is 19.1. The van der Waals surface area contributed by atoms with Crippen molar-refractivity contribution in [3.63, 3.8) is 0 Å². The van der Waals surface area contributed by atoms with Crippen molar-refractivity contribution in [2.24, 2.45) is 0 Å². The van der Waals surface area contributed by atoms with Crippen molar-refractivity contribution in [2.45, 2.75) is 320 Å². The van der Waals surface area contributed by atoms with Gasteiger partial charge in [-0.05, 0) is 77.0 Å². The van der Waals surface area contributed by atoms with Crippen LogP contribution < -0.4 is 5.32 Å². The summed E-state index contributed by atoms with van der Waals surface area (Å²) < 4.78 is 16.7. The summed E-state index contributed by atoms with van der Waals surface area (Å²) in [5, 5.41) is 54.1. The second kappa shape index (κ2) is 52.7. The molecule has 1 aliphatic rings. The first-order chi connectivity index (χ1) is 36.2. The van der Waals surface area contributed by atoms with Crippen LogP contribution in [0.1, 0.15) is 277 Å². The third-order valence-corrected chi connectivity index (χ3v) is 14.4. The topological polar surface area (TPSA) is 175 Å². The second-order valence-electron chi connectivity index (χ2n) is 21.4. The van der Waals surface area contributed by atoms with Crippen molar-refractivity contribution in [2.75, 3.05) is 19.8 Å². The molecular weight excluding hydrogens is 931 g/mol. The zero-order valence-electron chi connectivity index (χ0n) is 47.6. The predicted octanol–water partition coefficient (Wildman–Crippen LogP) is 14.5. The molecule has 11 nitrogen and oxygen atoms in total. The molecule has 7 atom stereocenters. The van der Waals surface area contributed by atoms with Gasteiger partial charge in [0.1, 0.15) is 24.4 Å². The summed E-state index contributed by atoms with van der Waals surface area (Å²) in [4.78, 5) is 25.0. The number of allylic oxidation sites excluding steroid dienone is 7. The maximum atomic E-state index is 13.0. The highest BCUT2D eigenvalue weighted by Gasteiger charge is 2.44. The number of hydrogen-bond acceptors (Lipinski definition) is 10. The van der Waals surface area contributed by atoms with Gasteiger partial charge in [0.2, 0.25) is 5.91 Å². The highest BCUT2D eigenvalue weighted by atomic mass is 16.7. The summed E-state index contributed by atoms with van der Waals surface area (Å²) >= 11 is 0. The number of carbonyl (C=O) groups excluding carboxylic acids is 2. The fourth-order valence-electron chi connectivity index (χ4n) is 9.48. The Balaban J connectivity index is 2.02. The van der Waals surface area contributed by atoms with Gasteiger partial charge in [-0.25, -0.2) is 0 Å². The lowest BCUT2D eigenvalue weighted by atomic mass is 9.99. The van der Waals surface area contributed by atoms with Gasteiger partial charge in [-0.2, -0.15) is 0 Å². The van der Waals surface area contributed by atoms with Gasteiger partial charge in [-0.1, -0.05) is 236 Å². The number of aliphatic hydroxyl groups excluding tert-OH is 5. The Morgan fingerprint density at radius 3 is 1.45 bits per heavy atom. The Hall–Kier alpha value is -2.38. The molecule has 6 N–H and O–H groups in total. The van der Waals surface area contributed by atoms with Crippen LogP contribution in [0.4, 0.5) is 0 Å². The minimum atomic E-state index is -1.58. The zero-order chi connectivity index (χ0) is 53.8. The zero-order valence-corrected chi connectivity index (χ0v) is 47.6. The second-order valence-corrected chi connectivity index (χ2v) is 21.4. The van der Waals surface area contributed by atoms with Gasteiger partial charge in [0, 0.05) is 12.8 Å². The van der Waals surface area contributed by atoms with Crippen LogP contribution in [0.25, 0.3) is 0 Å². The van der Waals surface area contributed by atoms with E-state index in [1.165, 1.54) is 167 Å². The first-order valence-electron chi connectivity index (χ1n) is 30.9. The summed E-state index contributed by atoms with van der Waals surface area (Å²) in [6, 6.07) is -0.834. The van der Waals surface area contributed by atoms with Crippen LogP contribution in [0, 0.1) is 0 Å². The van der Waals surface area contributed by atoms with Crippen molar-refractivity contribution in [1.29, 1.82) is 0 Å². The van der Waals surface area contributed by atoms with Crippen molar-refractivity contribution in [3.05, 3.63) is 48.6 Å². The van der Waals surface area contributed by atoms with E-state index in [9.17, 15) is 35.1 Å². The molecule has 7 unspecified atom stereocenters. The highest BCUT2D eigenvalue weighted by Crippen LogP contribution is 2.23. The number of aliphatic hydroxyl groups is 5. The van der Waals surface area contributed by atoms with E-state index < -0.39 is 49.5 Å². The van der Waals surface area contributed by atoms with Crippen LogP contribution in [0.5, 0.6) is 0 Å². The van der Waals surface area contributed by atoms with E-state index in [0.717, 1.165) is 83.5 Å². The maximum absolute atomic E-state index is 13.0. The number of nitrogens with one attached hydrogen (secondary N) is 1. The molecule has 0 saturated carbocycles. The van der Waals surface area contributed by atoms with Gasteiger partial charge >= 0.3 is 5.97 Å². The summed E-state index contributed by atoms with van der Waals surface area (Å²) in [7, 11) is 0. The van der Waals surface area contributed by atoms with Crippen molar-refractivity contribution in [1.82, 2.24) is 5.32 Å². The smallest absolute Gasteiger partial charge is 0.305 e.